The summed E-state index contributed by atoms with van der Waals surface area (Å²) in [5.41, 5.74) is 0.359. The normalized spacial score (nSPS) is 24.9. The second-order valence-electron chi connectivity index (χ2n) is 7.98. The zero-order valence-electron chi connectivity index (χ0n) is 16.8. The van der Waals surface area contributed by atoms with Crippen molar-refractivity contribution in [3.8, 4) is 5.75 Å². The zero-order chi connectivity index (χ0) is 20.2. The lowest BCUT2D eigenvalue weighted by Gasteiger charge is -2.33. The van der Waals surface area contributed by atoms with Gasteiger partial charge in [0.15, 0.2) is 0 Å². The van der Waals surface area contributed by atoms with Crippen LogP contribution in [0, 0.1) is 11.8 Å². The Hall–Kier alpha value is -2.75. The molecule has 2 fully saturated rings. The Labute approximate surface area is 169 Å². The van der Waals surface area contributed by atoms with Crippen LogP contribution in [0.25, 0.3) is 0 Å². The third kappa shape index (κ3) is 4.81. The van der Waals surface area contributed by atoms with Gasteiger partial charge in [-0.3, -0.25) is 10.1 Å². The number of amides is 1. The summed E-state index contributed by atoms with van der Waals surface area (Å²) in [6.07, 6.45) is 4.80. The van der Waals surface area contributed by atoms with E-state index < -0.39 is 0 Å². The van der Waals surface area contributed by atoms with Crippen molar-refractivity contribution >= 4 is 17.7 Å². The highest BCUT2D eigenvalue weighted by Gasteiger charge is 2.27. The average molecular weight is 401 g/mol. The van der Waals surface area contributed by atoms with E-state index in [0.717, 1.165) is 31.7 Å². The van der Waals surface area contributed by atoms with Gasteiger partial charge in [0.05, 0.1) is 19.3 Å². The summed E-state index contributed by atoms with van der Waals surface area (Å²) in [5, 5.41) is 16.0. The largest absolute Gasteiger partial charge is 0.489 e. The first-order chi connectivity index (χ1) is 14.1. The Bertz CT molecular complexity index is 813. The molecule has 2 aliphatic rings. The Balaban J connectivity index is 1.59. The molecule has 0 spiro atoms. The van der Waals surface area contributed by atoms with Crippen LogP contribution in [0.3, 0.4) is 0 Å². The van der Waals surface area contributed by atoms with Gasteiger partial charge in [0.2, 0.25) is 0 Å². The van der Waals surface area contributed by atoms with Gasteiger partial charge in [-0.25, -0.2) is 4.98 Å². The second kappa shape index (κ2) is 8.73. The van der Waals surface area contributed by atoms with Crippen molar-refractivity contribution in [3.63, 3.8) is 0 Å². The lowest BCUT2D eigenvalue weighted by molar-refractivity contribution is 0.0943. The van der Waals surface area contributed by atoms with Crippen LogP contribution in [0.15, 0.2) is 12.3 Å². The van der Waals surface area contributed by atoms with Crippen molar-refractivity contribution in [2.24, 2.45) is 11.8 Å². The van der Waals surface area contributed by atoms with Crippen molar-refractivity contribution in [1.82, 2.24) is 25.6 Å². The van der Waals surface area contributed by atoms with Crippen LogP contribution in [-0.4, -0.2) is 63.9 Å². The van der Waals surface area contributed by atoms with E-state index in [9.17, 15) is 4.79 Å². The summed E-state index contributed by atoms with van der Waals surface area (Å²) >= 11 is 0. The summed E-state index contributed by atoms with van der Waals surface area (Å²) < 4.78 is 11.8. The molecule has 2 atom stereocenters. The molecule has 3 heterocycles. The summed E-state index contributed by atoms with van der Waals surface area (Å²) in [4.78, 5) is 19.4. The van der Waals surface area contributed by atoms with E-state index in [4.69, 9.17) is 9.47 Å². The molecular weight excluding hydrogens is 374 g/mol. The molecule has 0 bridgehead atoms. The predicted molar refractivity (Wildman–Crippen MR) is 106 cm³/mol. The number of nitrogens with zero attached hydrogens (tertiary/aromatic N) is 5. The molecule has 0 radical (unpaired) electrons. The van der Waals surface area contributed by atoms with E-state index in [1.54, 1.807) is 6.20 Å². The molecule has 29 heavy (non-hydrogen) atoms. The second-order valence-corrected chi connectivity index (χ2v) is 7.98. The molecule has 1 aliphatic carbocycles. The maximum atomic E-state index is 12.8. The van der Waals surface area contributed by atoms with Gasteiger partial charge in [0, 0.05) is 25.4 Å². The minimum atomic E-state index is -0.376. The first-order valence-corrected chi connectivity index (χ1v) is 10.1. The van der Waals surface area contributed by atoms with Crippen molar-refractivity contribution < 1.29 is 14.3 Å². The van der Waals surface area contributed by atoms with Crippen LogP contribution in [-0.2, 0) is 4.74 Å². The molecule has 1 aliphatic heterocycles. The van der Waals surface area contributed by atoms with Gasteiger partial charge < -0.3 is 14.4 Å². The maximum Gasteiger partial charge on any atom is 0.270 e. The summed E-state index contributed by atoms with van der Waals surface area (Å²) in [7, 11) is 0. The van der Waals surface area contributed by atoms with Gasteiger partial charge in [-0.2, -0.15) is 5.21 Å². The first-order valence-electron chi connectivity index (χ1n) is 10.1. The minimum Gasteiger partial charge on any atom is -0.489 e. The lowest BCUT2D eigenvalue weighted by Crippen LogP contribution is -2.37. The number of hydrogen-bond acceptors (Lipinski definition) is 8. The fraction of sp³-hybridized carbons (Fsp3) is 0.632. The predicted octanol–water partition coefficient (Wildman–Crippen LogP) is 1.89. The van der Waals surface area contributed by atoms with Crippen molar-refractivity contribution in [1.29, 1.82) is 0 Å². The fourth-order valence-corrected chi connectivity index (χ4v) is 4.19. The number of carbonyl (C=O) groups is 1. The van der Waals surface area contributed by atoms with Crippen LogP contribution >= 0.6 is 0 Å². The minimum absolute atomic E-state index is 0.0745. The Morgan fingerprint density at radius 3 is 2.69 bits per heavy atom. The van der Waals surface area contributed by atoms with E-state index >= 15 is 0 Å². The smallest absolute Gasteiger partial charge is 0.270 e. The molecule has 2 unspecified atom stereocenters. The third-order valence-corrected chi connectivity index (χ3v) is 5.43. The summed E-state index contributed by atoms with van der Waals surface area (Å²) in [6.45, 7) is 7.35. The zero-order valence-corrected chi connectivity index (χ0v) is 16.8. The molecule has 1 amide bonds. The Morgan fingerprint density at radius 2 is 2.00 bits per heavy atom. The molecule has 1 saturated carbocycles. The molecule has 10 nitrogen and oxygen atoms in total. The monoisotopic (exact) mass is 401 g/mol. The third-order valence-electron chi connectivity index (χ3n) is 5.43. The van der Waals surface area contributed by atoms with Gasteiger partial charge >= 0.3 is 0 Å². The standard InChI is InChI=1S/C19H27N7O3/c1-12-7-13(2)9-14(8-12)29-16-10-17(26-3-5-28-6-4-26)20-11-15(16)18(27)21-19-22-24-25-23-19/h10-14H,3-9H2,1-2H3,(H2,21,22,23,24,25,27). The molecule has 2 N–H and O–H groups in total. The number of rotatable bonds is 5. The maximum absolute atomic E-state index is 12.8. The van der Waals surface area contributed by atoms with Gasteiger partial charge in [0.1, 0.15) is 17.1 Å². The van der Waals surface area contributed by atoms with Gasteiger partial charge in [-0.1, -0.05) is 18.9 Å². The number of hydrogen-bond donors (Lipinski definition) is 2. The first kappa shape index (κ1) is 19.6. The number of anilines is 2. The average Bonchev–Trinajstić information content (AvgIpc) is 3.21. The molecule has 4 rings (SSSR count). The number of ether oxygens (including phenoxy) is 2. The quantitative estimate of drug-likeness (QED) is 0.780. The fourth-order valence-electron chi connectivity index (χ4n) is 4.19. The van der Waals surface area contributed by atoms with E-state index in [1.165, 1.54) is 6.42 Å². The number of nitrogens with one attached hydrogen (secondary N) is 2. The van der Waals surface area contributed by atoms with E-state index in [1.807, 2.05) is 6.07 Å². The number of H-pyrrole nitrogens is 1. The van der Waals surface area contributed by atoms with Crippen molar-refractivity contribution in [3.05, 3.63) is 17.8 Å². The molecule has 2 aromatic rings. The molecule has 0 aromatic carbocycles. The Morgan fingerprint density at radius 1 is 1.24 bits per heavy atom. The molecule has 1 saturated heterocycles. The number of morpholine rings is 1. The molecule has 156 valence electrons. The Kier molecular flexibility index (Phi) is 5.89. The van der Waals surface area contributed by atoms with Crippen LogP contribution in [0.1, 0.15) is 43.5 Å². The lowest BCUT2D eigenvalue weighted by atomic mass is 9.82. The molecule has 10 heteroatoms. The van der Waals surface area contributed by atoms with Crippen LogP contribution in [0.4, 0.5) is 11.8 Å². The number of carbonyl (C=O) groups excluding carboxylic acids is 1. The highest BCUT2D eigenvalue weighted by Crippen LogP contribution is 2.33. The number of tetrazole rings is 1. The van der Waals surface area contributed by atoms with Crippen molar-refractivity contribution in [2.75, 3.05) is 36.5 Å². The number of aromatic amines is 1. The van der Waals surface area contributed by atoms with Crippen LogP contribution in [0.2, 0.25) is 0 Å². The van der Waals surface area contributed by atoms with Crippen LogP contribution < -0.4 is 15.0 Å². The molecule has 2 aromatic heterocycles. The highest BCUT2D eigenvalue weighted by molar-refractivity contribution is 6.05. The SMILES string of the molecule is CC1CC(C)CC(Oc2cc(N3CCOCC3)ncc2C(=O)Nc2nn[nH]n2)C1. The molecular formula is C19H27N7O3. The highest BCUT2D eigenvalue weighted by atomic mass is 16.5. The number of aromatic nitrogens is 5. The summed E-state index contributed by atoms with van der Waals surface area (Å²) in [6, 6.07) is 1.86. The van der Waals surface area contributed by atoms with Crippen LogP contribution in [0.5, 0.6) is 5.75 Å². The van der Waals surface area contributed by atoms with Crippen molar-refractivity contribution in [2.45, 2.75) is 39.2 Å². The van der Waals surface area contributed by atoms with Gasteiger partial charge in [0.25, 0.3) is 11.9 Å². The number of pyridine rings is 1. The van der Waals surface area contributed by atoms with E-state index in [-0.39, 0.29) is 18.0 Å². The van der Waals surface area contributed by atoms with E-state index in [2.05, 4.69) is 49.7 Å². The van der Waals surface area contributed by atoms with E-state index in [0.29, 0.717) is 36.4 Å². The van der Waals surface area contributed by atoms with Gasteiger partial charge in [-0.15, -0.1) is 5.10 Å². The van der Waals surface area contributed by atoms with Gasteiger partial charge in [-0.05, 0) is 36.3 Å². The summed E-state index contributed by atoms with van der Waals surface area (Å²) in [5.74, 6) is 2.25. The topological polar surface area (TPSA) is 118 Å².